The first-order chi connectivity index (χ1) is 9.10. The third-order valence-electron chi connectivity index (χ3n) is 3.26. The van der Waals surface area contributed by atoms with Crippen LogP contribution >= 0.6 is 11.3 Å². The molecule has 0 unspecified atom stereocenters. The van der Waals surface area contributed by atoms with Gasteiger partial charge < -0.3 is 15.2 Å². The SMILES string of the molecule is O=C(O)CC1(NC(=O)Cc2cccs2)CCOCC1. The van der Waals surface area contributed by atoms with Crippen LogP contribution in [0.25, 0.3) is 0 Å². The highest BCUT2D eigenvalue weighted by atomic mass is 32.1. The lowest BCUT2D eigenvalue weighted by Gasteiger charge is -2.36. The number of thiophene rings is 1. The maximum absolute atomic E-state index is 12.0. The molecule has 1 fully saturated rings. The summed E-state index contributed by atoms with van der Waals surface area (Å²) in [4.78, 5) is 24.0. The second-order valence-electron chi connectivity index (χ2n) is 4.77. The lowest BCUT2D eigenvalue weighted by molar-refractivity contribution is -0.140. The molecule has 1 saturated heterocycles. The van der Waals surface area contributed by atoms with Gasteiger partial charge in [0.15, 0.2) is 0 Å². The predicted molar refractivity (Wildman–Crippen MR) is 71.2 cm³/mol. The average molecular weight is 283 g/mol. The lowest BCUT2D eigenvalue weighted by atomic mass is 9.86. The molecule has 2 heterocycles. The van der Waals surface area contributed by atoms with E-state index in [9.17, 15) is 9.59 Å². The molecule has 0 aromatic carbocycles. The van der Waals surface area contributed by atoms with E-state index in [0.717, 1.165) is 4.88 Å². The minimum Gasteiger partial charge on any atom is -0.481 e. The van der Waals surface area contributed by atoms with Gasteiger partial charge in [-0.25, -0.2) is 0 Å². The van der Waals surface area contributed by atoms with Gasteiger partial charge in [0.2, 0.25) is 5.91 Å². The number of carboxylic acid groups (broad SMARTS) is 1. The topological polar surface area (TPSA) is 75.6 Å². The molecule has 2 rings (SSSR count). The average Bonchev–Trinajstić information content (AvgIpc) is 2.81. The molecule has 1 aliphatic heterocycles. The zero-order valence-electron chi connectivity index (χ0n) is 10.6. The number of hydrogen-bond donors (Lipinski definition) is 2. The van der Waals surface area contributed by atoms with Gasteiger partial charge in [0.1, 0.15) is 0 Å². The maximum atomic E-state index is 12.0. The van der Waals surface area contributed by atoms with Gasteiger partial charge in [-0.1, -0.05) is 6.07 Å². The number of carboxylic acids is 1. The van der Waals surface area contributed by atoms with Crippen molar-refractivity contribution < 1.29 is 19.4 Å². The van der Waals surface area contributed by atoms with Gasteiger partial charge in [0.05, 0.1) is 18.4 Å². The third kappa shape index (κ3) is 4.04. The maximum Gasteiger partial charge on any atom is 0.305 e. The number of nitrogens with one attached hydrogen (secondary N) is 1. The molecule has 0 atom stereocenters. The zero-order chi connectivity index (χ0) is 13.7. The van der Waals surface area contributed by atoms with Crippen LogP contribution in [-0.2, 0) is 20.7 Å². The fourth-order valence-electron chi connectivity index (χ4n) is 2.31. The van der Waals surface area contributed by atoms with E-state index in [1.54, 1.807) is 0 Å². The van der Waals surface area contributed by atoms with Crippen LogP contribution in [0.2, 0.25) is 0 Å². The third-order valence-corrected chi connectivity index (χ3v) is 4.14. The fourth-order valence-corrected chi connectivity index (χ4v) is 3.01. The van der Waals surface area contributed by atoms with Gasteiger partial charge in [-0.2, -0.15) is 0 Å². The van der Waals surface area contributed by atoms with Crippen molar-refractivity contribution in [3.05, 3.63) is 22.4 Å². The quantitative estimate of drug-likeness (QED) is 0.857. The van der Waals surface area contributed by atoms with Gasteiger partial charge in [-0.15, -0.1) is 11.3 Å². The Balaban J connectivity index is 1.98. The molecule has 0 aliphatic carbocycles. The Morgan fingerprint density at radius 2 is 2.16 bits per heavy atom. The highest BCUT2D eigenvalue weighted by Gasteiger charge is 2.36. The van der Waals surface area contributed by atoms with Crippen molar-refractivity contribution in [1.82, 2.24) is 5.32 Å². The first-order valence-corrected chi connectivity index (χ1v) is 7.11. The molecule has 0 radical (unpaired) electrons. The van der Waals surface area contributed by atoms with E-state index in [4.69, 9.17) is 9.84 Å². The summed E-state index contributed by atoms with van der Waals surface area (Å²) in [5.41, 5.74) is -0.654. The largest absolute Gasteiger partial charge is 0.481 e. The summed E-state index contributed by atoms with van der Waals surface area (Å²) < 4.78 is 5.25. The van der Waals surface area contributed by atoms with Gasteiger partial charge in [0.25, 0.3) is 0 Å². The molecule has 104 valence electrons. The highest BCUT2D eigenvalue weighted by molar-refractivity contribution is 7.10. The van der Waals surface area contributed by atoms with Crippen molar-refractivity contribution >= 4 is 23.2 Å². The van der Waals surface area contributed by atoms with Crippen LogP contribution in [0.1, 0.15) is 24.1 Å². The number of hydrogen-bond acceptors (Lipinski definition) is 4. The van der Waals surface area contributed by atoms with Crippen molar-refractivity contribution in [2.24, 2.45) is 0 Å². The molecule has 0 bridgehead atoms. The van der Waals surface area contributed by atoms with E-state index < -0.39 is 11.5 Å². The molecule has 1 amide bonds. The van der Waals surface area contributed by atoms with Crippen molar-refractivity contribution in [2.75, 3.05) is 13.2 Å². The molecule has 1 aliphatic rings. The normalized spacial score (nSPS) is 17.9. The van der Waals surface area contributed by atoms with Crippen LogP contribution < -0.4 is 5.32 Å². The Morgan fingerprint density at radius 1 is 1.42 bits per heavy atom. The summed E-state index contributed by atoms with van der Waals surface area (Å²) in [5, 5.41) is 13.8. The predicted octanol–water partition coefficient (Wildman–Crippen LogP) is 1.43. The van der Waals surface area contributed by atoms with E-state index in [-0.39, 0.29) is 12.3 Å². The van der Waals surface area contributed by atoms with Gasteiger partial charge in [-0.05, 0) is 24.3 Å². The first kappa shape index (κ1) is 14.0. The number of aliphatic carboxylic acids is 1. The van der Waals surface area contributed by atoms with Gasteiger partial charge in [-0.3, -0.25) is 9.59 Å². The molecule has 2 N–H and O–H groups in total. The number of carbonyl (C=O) groups excluding carboxylic acids is 1. The minimum absolute atomic E-state index is 0.0491. The lowest BCUT2D eigenvalue weighted by Crippen LogP contribution is -2.53. The Kier molecular flexibility index (Phi) is 4.55. The molecular weight excluding hydrogens is 266 g/mol. The van der Waals surface area contributed by atoms with Crippen LogP contribution in [-0.4, -0.2) is 35.7 Å². The molecule has 19 heavy (non-hydrogen) atoms. The van der Waals surface area contributed by atoms with Crippen LogP contribution in [0.3, 0.4) is 0 Å². The Hall–Kier alpha value is -1.40. The summed E-state index contributed by atoms with van der Waals surface area (Å²) in [5.74, 6) is -1.01. The number of amides is 1. The standard InChI is InChI=1S/C13H17NO4S/c15-11(8-10-2-1-7-19-10)14-13(9-12(16)17)3-5-18-6-4-13/h1-2,7H,3-6,8-9H2,(H,14,15)(H,16,17). The van der Waals surface area contributed by atoms with E-state index in [2.05, 4.69) is 5.32 Å². The summed E-state index contributed by atoms with van der Waals surface area (Å²) in [6.07, 6.45) is 1.36. The molecular formula is C13H17NO4S. The van der Waals surface area contributed by atoms with E-state index in [1.165, 1.54) is 11.3 Å². The molecule has 5 nitrogen and oxygen atoms in total. The Labute approximate surface area is 115 Å². The number of ether oxygens (including phenoxy) is 1. The second kappa shape index (κ2) is 6.16. The number of carbonyl (C=O) groups is 2. The molecule has 0 saturated carbocycles. The molecule has 6 heteroatoms. The smallest absolute Gasteiger partial charge is 0.305 e. The molecule has 1 aromatic heterocycles. The molecule has 0 spiro atoms. The summed E-state index contributed by atoms with van der Waals surface area (Å²) in [7, 11) is 0. The van der Waals surface area contributed by atoms with Crippen molar-refractivity contribution in [3.8, 4) is 0 Å². The van der Waals surface area contributed by atoms with Crippen LogP contribution in [0.4, 0.5) is 0 Å². The van der Waals surface area contributed by atoms with Crippen molar-refractivity contribution in [3.63, 3.8) is 0 Å². The fraction of sp³-hybridized carbons (Fsp3) is 0.538. The van der Waals surface area contributed by atoms with Crippen LogP contribution in [0.5, 0.6) is 0 Å². The Morgan fingerprint density at radius 3 is 2.74 bits per heavy atom. The minimum atomic E-state index is -0.890. The first-order valence-electron chi connectivity index (χ1n) is 6.23. The second-order valence-corrected chi connectivity index (χ2v) is 5.80. The summed E-state index contributed by atoms with van der Waals surface area (Å²) >= 11 is 1.52. The Bertz CT molecular complexity index is 438. The van der Waals surface area contributed by atoms with E-state index in [1.807, 2.05) is 17.5 Å². The van der Waals surface area contributed by atoms with E-state index >= 15 is 0 Å². The zero-order valence-corrected chi connectivity index (χ0v) is 11.4. The van der Waals surface area contributed by atoms with Crippen LogP contribution in [0.15, 0.2) is 17.5 Å². The number of rotatable bonds is 5. The van der Waals surface area contributed by atoms with Gasteiger partial charge in [0, 0.05) is 18.1 Å². The van der Waals surface area contributed by atoms with E-state index in [0.29, 0.717) is 32.5 Å². The van der Waals surface area contributed by atoms with Crippen molar-refractivity contribution in [1.29, 1.82) is 0 Å². The van der Waals surface area contributed by atoms with Gasteiger partial charge >= 0.3 is 5.97 Å². The summed E-state index contributed by atoms with van der Waals surface area (Å²) in [6, 6.07) is 3.80. The monoisotopic (exact) mass is 283 g/mol. The highest BCUT2D eigenvalue weighted by Crippen LogP contribution is 2.25. The van der Waals surface area contributed by atoms with Crippen LogP contribution in [0, 0.1) is 0 Å². The van der Waals surface area contributed by atoms with Crippen molar-refractivity contribution in [2.45, 2.75) is 31.2 Å². The molecule has 1 aromatic rings. The summed E-state index contributed by atoms with van der Waals surface area (Å²) in [6.45, 7) is 0.985.